The molecule has 0 aliphatic heterocycles. The van der Waals surface area contributed by atoms with Gasteiger partial charge in [-0.2, -0.15) is 5.10 Å². The molecule has 0 saturated heterocycles. The van der Waals surface area contributed by atoms with E-state index in [4.69, 9.17) is 0 Å². The number of hydrogen-bond acceptors (Lipinski definition) is 2. The fourth-order valence-corrected chi connectivity index (χ4v) is 2.50. The van der Waals surface area contributed by atoms with Crippen LogP contribution in [0.5, 0.6) is 0 Å². The molecule has 4 nitrogen and oxygen atoms in total. The molecule has 0 fully saturated rings. The lowest BCUT2D eigenvalue weighted by molar-refractivity contribution is 0.0931. The maximum absolute atomic E-state index is 13.1. The monoisotopic (exact) mass is 259 g/mol. The standard InChI is InChI=1S/C14H14FN3O/c1-8-6-13(18-17-8)14(19)16-12-5-2-9-7-10(15)3-4-11(9)12/h3-4,6-7,12H,2,5H2,1H3,(H,16,19)(H,17,18). The van der Waals surface area contributed by atoms with Crippen molar-refractivity contribution in [2.24, 2.45) is 0 Å². The number of rotatable bonds is 2. The molecule has 0 bridgehead atoms. The molecule has 0 saturated carbocycles. The van der Waals surface area contributed by atoms with Gasteiger partial charge in [-0.25, -0.2) is 4.39 Å². The van der Waals surface area contributed by atoms with Crippen molar-refractivity contribution in [3.63, 3.8) is 0 Å². The average Bonchev–Trinajstić information content (AvgIpc) is 2.96. The van der Waals surface area contributed by atoms with Gasteiger partial charge in [0.25, 0.3) is 5.91 Å². The van der Waals surface area contributed by atoms with Crippen LogP contribution in [0.3, 0.4) is 0 Å². The van der Waals surface area contributed by atoms with Crippen LogP contribution in [-0.4, -0.2) is 16.1 Å². The fourth-order valence-electron chi connectivity index (χ4n) is 2.50. The largest absolute Gasteiger partial charge is 0.344 e. The van der Waals surface area contributed by atoms with Crippen LogP contribution in [0.1, 0.15) is 39.8 Å². The van der Waals surface area contributed by atoms with Crippen molar-refractivity contribution in [2.45, 2.75) is 25.8 Å². The molecular weight excluding hydrogens is 245 g/mol. The Kier molecular flexibility index (Phi) is 2.81. The number of fused-ring (bicyclic) bond motifs is 1. The normalized spacial score (nSPS) is 17.3. The maximum atomic E-state index is 13.1. The second-order valence-corrected chi connectivity index (χ2v) is 4.84. The van der Waals surface area contributed by atoms with Crippen molar-refractivity contribution in [3.8, 4) is 0 Å². The highest BCUT2D eigenvalue weighted by Crippen LogP contribution is 2.31. The lowest BCUT2D eigenvalue weighted by atomic mass is 10.1. The summed E-state index contributed by atoms with van der Waals surface area (Å²) in [4.78, 5) is 12.0. The topological polar surface area (TPSA) is 57.8 Å². The first-order valence-corrected chi connectivity index (χ1v) is 6.24. The minimum absolute atomic E-state index is 0.0555. The first-order chi connectivity index (χ1) is 9.13. The lowest BCUT2D eigenvalue weighted by Gasteiger charge is -2.13. The van der Waals surface area contributed by atoms with Gasteiger partial charge < -0.3 is 5.32 Å². The smallest absolute Gasteiger partial charge is 0.272 e. The van der Waals surface area contributed by atoms with Crippen LogP contribution in [0, 0.1) is 12.7 Å². The molecule has 0 spiro atoms. The molecule has 0 radical (unpaired) electrons. The number of benzene rings is 1. The summed E-state index contributed by atoms with van der Waals surface area (Å²) in [6.45, 7) is 1.84. The molecule has 2 N–H and O–H groups in total. The predicted octanol–water partition coefficient (Wildman–Crippen LogP) is 2.27. The number of aryl methyl sites for hydroxylation is 2. The highest BCUT2D eigenvalue weighted by atomic mass is 19.1. The van der Waals surface area contributed by atoms with Crippen molar-refractivity contribution in [2.75, 3.05) is 0 Å². The zero-order chi connectivity index (χ0) is 13.4. The van der Waals surface area contributed by atoms with E-state index >= 15 is 0 Å². The van der Waals surface area contributed by atoms with Gasteiger partial charge in [0, 0.05) is 5.69 Å². The number of carbonyl (C=O) groups is 1. The molecule has 3 rings (SSSR count). The third-order valence-corrected chi connectivity index (χ3v) is 3.43. The Labute approximate surface area is 110 Å². The van der Waals surface area contributed by atoms with E-state index in [1.165, 1.54) is 6.07 Å². The van der Waals surface area contributed by atoms with Crippen LogP contribution in [0.15, 0.2) is 24.3 Å². The number of aromatic amines is 1. The molecule has 1 unspecified atom stereocenters. The van der Waals surface area contributed by atoms with E-state index in [1.807, 2.05) is 6.92 Å². The van der Waals surface area contributed by atoms with Crippen LogP contribution in [0.25, 0.3) is 0 Å². The van der Waals surface area contributed by atoms with Gasteiger partial charge in [-0.1, -0.05) is 6.07 Å². The predicted molar refractivity (Wildman–Crippen MR) is 68.3 cm³/mol. The van der Waals surface area contributed by atoms with Crippen molar-refractivity contribution < 1.29 is 9.18 Å². The molecule has 1 amide bonds. The first kappa shape index (κ1) is 11.9. The number of nitrogens with one attached hydrogen (secondary N) is 2. The van der Waals surface area contributed by atoms with Crippen LogP contribution >= 0.6 is 0 Å². The SMILES string of the molecule is Cc1cc(C(=O)NC2CCc3cc(F)ccc32)n[nH]1. The molecule has 1 atom stereocenters. The van der Waals surface area contributed by atoms with E-state index in [2.05, 4.69) is 15.5 Å². The van der Waals surface area contributed by atoms with Gasteiger partial charge in [0.1, 0.15) is 11.5 Å². The van der Waals surface area contributed by atoms with Gasteiger partial charge in [0.15, 0.2) is 0 Å². The van der Waals surface area contributed by atoms with Crippen molar-refractivity contribution in [3.05, 3.63) is 52.6 Å². The Bertz CT molecular complexity index is 635. The van der Waals surface area contributed by atoms with E-state index in [0.717, 1.165) is 29.7 Å². The van der Waals surface area contributed by atoms with Gasteiger partial charge in [-0.3, -0.25) is 9.89 Å². The summed E-state index contributed by atoms with van der Waals surface area (Å²) in [6.07, 6.45) is 1.59. The number of hydrogen-bond donors (Lipinski definition) is 2. The van der Waals surface area contributed by atoms with Gasteiger partial charge in [-0.15, -0.1) is 0 Å². The highest BCUT2D eigenvalue weighted by molar-refractivity contribution is 5.92. The van der Waals surface area contributed by atoms with Gasteiger partial charge in [-0.05, 0) is 49.1 Å². The molecule has 1 aromatic heterocycles. The summed E-state index contributed by atoms with van der Waals surface area (Å²) in [7, 11) is 0. The third kappa shape index (κ3) is 2.23. The van der Waals surface area contributed by atoms with Crippen molar-refractivity contribution >= 4 is 5.91 Å². The minimum atomic E-state index is -0.228. The fraction of sp³-hybridized carbons (Fsp3) is 0.286. The number of H-pyrrole nitrogens is 1. The number of halogens is 1. The summed E-state index contributed by atoms with van der Waals surface area (Å²) < 4.78 is 13.1. The Morgan fingerprint density at radius 2 is 2.32 bits per heavy atom. The second kappa shape index (κ2) is 4.50. The molecule has 1 heterocycles. The van der Waals surface area contributed by atoms with Crippen LogP contribution < -0.4 is 5.32 Å². The van der Waals surface area contributed by atoms with Crippen LogP contribution in [-0.2, 0) is 6.42 Å². The molecular formula is C14H14FN3O. The molecule has 1 aromatic carbocycles. The number of aromatic nitrogens is 2. The zero-order valence-corrected chi connectivity index (χ0v) is 10.5. The Balaban J connectivity index is 1.78. The van der Waals surface area contributed by atoms with E-state index < -0.39 is 0 Å². The molecule has 1 aliphatic rings. The van der Waals surface area contributed by atoms with E-state index in [1.54, 1.807) is 18.2 Å². The third-order valence-electron chi connectivity index (χ3n) is 3.43. The minimum Gasteiger partial charge on any atom is -0.344 e. The summed E-state index contributed by atoms with van der Waals surface area (Å²) in [6, 6.07) is 6.37. The van der Waals surface area contributed by atoms with E-state index in [9.17, 15) is 9.18 Å². The van der Waals surface area contributed by atoms with Gasteiger partial charge in [0.2, 0.25) is 0 Å². The Morgan fingerprint density at radius 3 is 3.05 bits per heavy atom. The number of carbonyl (C=O) groups excluding carboxylic acids is 1. The Morgan fingerprint density at radius 1 is 1.47 bits per heavy atom. The Hall–Kier alpha value is -2.17. The quantitative estimate of drug-likeness (QED) is 0.869. The molecule has 5 heteroatoms. The zero-order valence-electron chi connectivity index (χ0n) is 10.5. The maximum Gasteiger partial charge on any atom is 0.272 e. The first-order valence-electron chi connectivity index (χ1n) is 6.24. The molecule has 1 aliphatic carbocycles. The number of amides is 1. The van der Waals surface area contributed by atoms with Crippen LogP contribution in [0.2, 0.25) is 0 Å². The highest BCUT2D eigenvalue weighted by Gasteiger charge is 2.25. The van der Waals surface area contributed by atoms with Crippen LogP contribution in [0.4, 0.5) is 4.39 Å². The van der Waals surface area contributed by atoms with E-state index in [0.29, 0.717) is 5.69 Å². The lowest BCUT2D eigenvalue weighted by Crippen LogP contribution is -2.27. The van der Waals surface area contributed by atoms with Gasteiger partial charge in [0.05, 0.1) is 6.04 Å². The van der Waals surface area contributed by atoms with Crippen molar-refractivity contribution in [1.82, 2.24) is 15.5 Å². The second-order valence-electron chi connectivity index (χ2n) is 4.84. The summed E-state index contributed by atoms with van der Waals surface area (Å²) in [5, 5.41) is 9.61. The molecule has 19 heavy (non-hydrogen) atoms. The molecule has 2 aromatic rings. The summed E-state index contributed by atoms with van der Waals surface area (Å²) >= 11 is 0. The number of nitrogens with zero attached hydrogens (tertiary/aromatic N) is 1. The molecule has 98 valence electrons. The van der Waals surface area contributed by atoms with Crippen molar-refractivity contribution in [1.29, 1.82) is 0 Å². The van der Waals surface area contributed by atoms with Gasteiger partial charge >= 0.3 is 0 Å². The summed E-state index contributed by atoms with van der Waals surface area (Å²) in [5.74, 6) is -0.430. The van der Waals surface area contributed by atoms with E-state index in [-0.39, 0.29) is 17.8 Å². The summed E-state index contributed by atoms with van der Waals surface area (Å²) in [5.41, 5.74) is 3.21. The average molecular weight is 259 g/mol.